The molecule has 5 heteroatoms. The first-order valence-corrected chi connectivity index (χ1v) is 4.87. The fraction of sp³-hybridized carbons (Fsp3) is 0.400. The van der Waals surface area contributed by atoms with E-state index in [0.29, 0.717) is 18.8 Å². The highest BCUT2D eigenvalue weighted by molar-refractivity contribution is 5.68. The van der Waals surface area contributed by atoms with Crippen LogP contribution < -0.4 is 5.73 Å². The quantitative estimate of drug-likeness (QED) is 0.785. The lowest BCUT2D eigenvalue weighted by Gasteiger charge is -2.26. The Labute approximate surface area is 87.8 Å². The lowest BCUT2D eigenvalue weighted by atomic mass is 10.2. The van der Waals surface area contributed by atoms with Crippen LogP contribution in [0.1, 0.15) is 12.0 Å². The summed E-state index contributed by atoms with van der Waals surface area (Å²) in [5, 5.41) is 0. The number of carbonyl (C=O) groups is 1. The van der Waals surface area contributed by atoms with Crippen molar-refractivity contribution in [3.63, 3.8) is 0 Å². The molecule has 1 aliphatic rings. The Kier molecular flexibility index (Phi) is 2.71. The third-order valence-corrected chi connectivity index (χ3v) is 2.36. The van der Waals surface area contributed by atoms with Crippen LogP contribution in [0.15, 0.2) is 18.5 Å². The summed E-state index contributed by atoms with van der Waals surface area (Å²) in [5.41, 5.74) is 7.26. The average molecular weight is 207 g/mol. The molecule has 2 rings (SSSR count). The van der Waals surface area contributed by atoms with Gasteiger partial charge in [-0.15, -0.1) is 0 Å². The van der Waals surface area contributed by atoms with Gasteiger partial charge in [-0.05, 0) is 18.1 Å². The molecule has 0 unspecified atom stereocenters. The van der Waals surface area contributed by atoms with Gasteiger partial charge >= 0.3 is 6.09 Å². The maximum absolute atomic E-state index is 11.4. The van der Waals surface area contributed by atoms with Gasteiger partial charge in [-0.1, -0.05) is 0 Å². The Bertz CT molecular complexity index is 367. The summed E-state index contributed by atoms with van der Waals surface area (Å²) in [6, 6.07) is 1.82. The summed E-state index contributed by atoms with van der Waals surface area (Å²) in [5.74, 6) is 0. The zero-order valence-corrected chi connectivity index (χ0v) is 8.35. The lowest BCUT2D eigenvalue weighted by Crippen LogP contribution is -2.37. The van der Waals surface area contributed by atoms with Crippen molar-refractivity contribution >= 4 is 11.8 Å². The molecule has 15 heavy (non-hydrogen) atoms. The van der Waals surface area contributed by atoms with Gasteiger partial charge in [-0.2, -0.15) is 0 Å². The molecule has 0 aliphatic carbocycles. The van der Waals surface area contributed by atoms with Gasteiger partial charge in [-0.25, -0.2) is 4.79 Å². The zero-order chi connectivity index (χ0) is 10.7. The molecule has 2 heterocycles. The number of hydrogen-bond acceptors (Lipinski definition) is 4. The number of cyclic esters (lactones) is 1. The largest absolute Gasteiger partial charge is 0.449 e. The van der Waals surface area contributed by atoms with Crippen molar-refractivity contribution in [2.45, 2.75) is 13.0 Å². The molecule has 1 aromatic heterocycles. The molecule has 1 fully saturated rings. The molecule has 0 spiro atoms. The number of hydrogen-bond donors (Lipinski definition) is 1. The third-order valence-electron chi connectivity index (χ3n) is 2.36. The molecule has 0 saturated carbocycles. The maximum atomic E-state index is 11.4. The van der Waals surface area contributed by atoms with Gasteiger partial charge in [0.1, 0.15) is 0 Å². The van der Waals surface area contributed by atoms with E-state index in [1.54, 1.807) is 17.3 Å². The van der Waals surface area contributed by atoms with Crippen LogP contribution in [0.25, 0.3) is 0 Å². The number of pyridine rings is 1. The molecule has 0 radical (unpaired) electrons. The van der Waals surface area contributed by atoms with Crippen molar-refractivity contribution in [1.29, 1.82) is 0 Å². The lowest BCUT2D eigenvalue weighted by molar-refractivity contribution is 0.0701. The first-order chi connectivity index (χ1) is 7.27. The zero-order valence-electron chi connectivity index (χ0n) is 8.35. The first-order valence-electron chi connectivity index (χ1n) is 4.87. The molecular formula is C10H13N3O2. The number of carbonyl (C=O) groups excluding carboxylic acids is 1. The number of rotatable bonds is 2. The van der Waals surface area contributed by atoms with Gasteiger partial charge in [0.15, 0.2) is 0 Å². The number of anilines is 1. The second kappa shape index (κ2) is 4.16. The molecule has 1 amide bonds. The van der Waals surface area contributed by atoms with E-state index >= 15 is 0 Å². The summed E-state index contributed by atoms with van der Waals surface area (Å²) >= 11 is 0. The summed E-state index contributed by atoms with van der Waals surface area (Å²) in [7, 11) is 0. The number of aromatic nitrogens is 1. The van der Waals surface area contributed by atoms with Gasteiger partial charge in [0.25, 0.3) is 0 Å². The third kappa shape index (κ3) is 2.18. The monoisotopic (exact) mass is 207 g/mol. The molecule has 80 valence electrons. The molecule has 0 bridgehead atoms. The van der Waals surface area contributed by atoms with Crippen molar-refractivity contribution in [2.24, 2.45) is 0 Å². The van der Waals surface area contributed by atoms with Gasteiger partial charge in [0.05, 0.1) is 25.0 Å². The Balaban J connectivity index is 2.08. The molecule has 2 N–H and O–H groups in total. The van der Waals surface area contributed by atoms with Crippen LogP contribution >= 0.6 is 0 Å². The fourth-order valence-electron chi connectivity index (χ4n) is 1.53. The Morgan fingerprint density at radius 1 is 1.60 bits per heavy atom. The highest BCUT2D eigenvalue weighted by Crippen LogP contribution is 2.14. The first kappa shape index (κ1) is 9.76. The second-order valence-corrected chi connectivity index (χ2v) is 3.46. The topological polar surface area (TPSA) is 68.4 Å². The highest BCUT2D eigenvalue weighted by atomic mass is 16.6. The molecular weight excluding hydrogens is 194 g/mol. The Morgan fingerprint density at radius 2 is 2.47 bits per heavy atom. The van der Waals surface area contributed by atoms with E-state index in [2.05, 4.69) is 4.98 Å². The van der Waals surface area contributed by atoms with Crippen molar-refractivity contribution in [1.82, 2.24) is 9.88 Å². The van der Waals surface area contributed by atoms with Crippen LogP contribution in [0.2, 0.25) is 0 Å². The maximum Gasteiger partial charge on any atom is 0.410 e. The average Bonchev–Trinajstić information content (AvgIpc) is 2.24. The van der Waals surface area contributed by atoms with E-state index in [0.717, 1.165) is 18.5 Å². The van der Waals surface area contributed by atoms with Crippen LogP contribution in [0.5, 0.6) is 0 Å². The smallest absolute Gasteiger partial charge is 0.410 e. The Morgan fingerprint density at radius 3 is 3.20 bits per heavy atom. The van der Waals surface area contributed by atoms with Crippen LogP contribution in [-0.2, 0) is 11.3 Å². The summed E-state index contributed by atoms with van der Waals surface area (Å²) in [6.07, 6.45) is 3.86. The van der Waals surface area contributed by atoms with Gasteiger partial charge < -0.3 is 15.4 Å². The van der Waals surface area contributed by atoms with Crippen molar-refractivity contribution in [3.8, 4) is 0 Å². The van der Waals surface area contributed by atoms with Gasteiger partial charge in [-0.3, -0.25) is 4.98 Å². The minimum atomic E-state index is -0.266. The van der Waals surface area contributed by atoms with Crippen molar-refractivity contribution in [3.05, 3.63) is 24.0 Å². The van der Waals surface area contributed by atoms with Gasteiger partial charge in [0, 0.05) is 12.7 Å². The van der Waals surface area contributed by atoms with Crippen molar-refractivity contribution in [2.75, 3.05) is 18.9 Å². The van der Waals surface area contributed by atoms with E-state index in [9.17, 15) is 4.79 Å². The highest BCUT2D eigenvalue weighted by Gasteiger charge is 2.20. The molecule has 1 saturated heterocycles. The summed E-state index contributed by atoms with van der Waals surface area (Å²) in [6.45, 7) is 1.73. The van der Waals surface area contributed by atoms with Crippen LogP contribution in [0.4, 0.5) is 10.5 Å². The van der Waals surface area contributed by atoms with E-state index in [4.69, 9.17) is 10.5 Å². The number of nitrogens with zero attached hydrogens (tertiary/aromatic N) is 2. The second-order valence-electron chi connectivity index (χ2n) is 3.46. The minimum absolute atomic E-state index is 0.266. The predicted molar refractivity (Wildman–Crippen MR) is 55.0 cm³/mol. The van der Waals surface area contributed by atoms with Crippen LogP contribution in [-0.4, -0.2) is 29.1 Å². The predicted octanol–water partition coefficient (Wildman–Crippen LogP) is 1.01. The van der Waals surface area contributed by atoms with E-state index in [-0.39, 0.29) is 6.09 Å². The summed E-state index contributed by atoms with van der Waals surface area (Å²) < 4.78 is 4.93. The minimum Gasteiger partial charge on any atom is -0.449 e. The standard InChI is InChI=1S/C10H13N3O2/c11-9-6-12-3-2-8(9)7-13-4-1-5-15-10(13)14/h2-3,6H,1,4-5,7,11H2. The number of nitrogens with two attached hydrogens (primary N) is 1. The molecule has 0 aromatic carbocycles. The number of ether oxygens (including phenoxy) is 1. The van der Waals surface area contributed by atoms with E-state index in [1.807, 2.05) is 6.07 Å². The van der Waals surface area contributed by atoms with Crippen molar-refractivity contribution < 1.29 is 9.53 Å². The van der Waals surface area contributed by atoms with Gasteiger partial charge in [0.2, 0.25) is 0 Å². The van der Waals surface area contributed by atoms with E-state index in [1.165, 1.54) is 0 Å². The van der Waals surface area contributed by atoms with E-state index < -0.39 is 0 Å². The molecule has 0 atom stereocenters. The van der Waals surface area contributed by atoms with Crippen LogP contribution in [0.3, 0.4) is 0 Å². The normalized spacial score (nSPS) is 16.3. The molecule has 5 nitrogen and oxygen atoms in total. The van der Waals surface area contributed by atoms with Crippen LogP contribution in [0, 0.1) is 0 Å². The number of nitrogen functional groups attached to an aromatic ring is 1. The molecule has 1 aromatic rings. The fourth-order valence-corrected chi connectivity index (χ4v) is 1.53. The number of amides is 1. The Hall–Kier alpha value is -1.78. The SMILES string of the molecule is Nc1cnccc1CN1CCCOC1=O. The molecule has 1 aliphatic heterocycles. The summed E-state index contributed by atoms with van der Waals surface area (Å²) in [4.78, 5) is 16.9.